The highest BCUT2D eigenvalue weighted by Crippen LogP contribution is 2.18. The van der Waals surface area contributed by atoms with Gasteiger partial charge in [-0.3, -0.25) is 4.72 Å². The van der Waals surface area contributed by atoms with Gasteiger partial charge in [-0.15, -0.1) is 0 Å². The Kier molecular flexibility index (Phi) is 5.60. The Morgan fingerprint density at radius 1 is 1.33 bits per heavy atom. The molecule has 5 nitrogen and oxygen atoms in total. The van der Waals surface area contributed by atoms with Crippen LogP contribution in [-0.4, -0.2) is 32.9 Å². The fourth-order valence-electron chi connectivity index (χ4n) is 1.31. The van der Waals surface area contributed by atoms with Crippen molar-refractivity contribution in [3.8, 4) is 11.8 Å². The largest absolute Gasteiger partial charge is 0.402 e. The van der Waals surface area contributed by atoms with Gasteiger partial charge in [0, 0.05) is 5.56 Å². The molecule has 0 aromatic heterocycles. The van der Waals surface area contributed by atoms with Crippen LogP contribution in [0.3, 0.4) is 0 Å². The molecule has 0 aliphatic carbocycles. The van der Waals surface area contributed by atoms with Crippen LogP contribution in [0.15, 0.2) is 18.2 Å². The molecule has 3 N–H and O–H groups in total. The molecule has 0 radical (unpaired) electrons. The van der Waals surface area contributed by atoms with Gasteiger partial charge in [-0.1, -0.05) is 17.9 Å². The fraction of sp³-hybridized carbons (Fsp3) is 0.333. The van der Waals surface area contributed by atoms with Gasteiger partial charge in [-0.2, -0.15) is 26.3 Å². The molecule has 0 spiro atoms. The number of aliphatic hydroxyl groups is 1. The van der Waals surface area contributed by atoms with Gasteiger partial charge in [-0.05, 0) is 24.6 Å². The van der Waals surface area contributed by atoms with E-state index >= 15 is 0 Å². The van der Waals surface area contributed by atoms with E-state index in [1.807, 2.05) is 4.72 Å². The molecule has 0 aliphatic heterocycles. The van der Waals surface area contributed by atoms with Crippen LogP contribution in [-0.2, 0) is 10.2 Å². The number of hydrogen-bond acceptors (Lipinski definition) is 3. The summed E-state index contributed by atoms with van der Waals surface area (Å²) in [5.74, 6) is 4.95. The normalized spacial score (nSPS) is 11.7. The van der Waals surface area contributed by atoms with Gasteiger partial charge < -0.3 is 5.11 Å². The lowest BCUT2D eigenvalue weighted by Crippen LogP contribution is -2.37. The van der Waals surface area contributed by atoms with Crippen LogP contribution in [0.4, 0.5) is 18.9 Å². The maximum Gasteiger partial charge on any atom is 0.402 e. The Bertz CT molecular complexity index is 661. The molecule has 1 aromatic carbocycles. The summed E-state index contributed by atoms with van der Waals surface area (Å²) in [6.07, 6.45) is -4.64. The standard InChI is InChI=1S/C12H13F3N2O3S/c1-9-4-5-10(3-2-6-18)7-11(9)17-21(19,20)16-8-12(13,14)15/h4-5,7,16-18H,6,8H2,1H3. The highest BCUT2D eigenvalue weighted by atomic mass is 32.2. The van der Waals surface area contributed by atoms with Crippen molar-refractivity contribution in [2.45, 2.75) is 13.1 Å². The monoisotopic (exact) mass is 322 g/mol. The molecule has 0 aliphatic rings. The van der Waals surface area contributed by atoms with E-state index in [1.165, 1.54) is 10.8 Å². The third kappa shape index (κ3) is 6.48. The van der Waals surface area contributed by atoms with Crippen molar-refractivity contribution in [2.75, 3.05) is 17.9 Å². The molecule has 1 aromatic rings. The van der Waals surface area contributed by atoms with Crippen molar-refractivity contribution in [2.24, 2.45) is 0 Å². The quantitative estimate of drug-likeness (QED) is 0.728. The Morgan fingerprint density at radius 2 is 2.00 bits per heavy atom. The molecule has 0 heterocycles. The number of aliphatic hydroxyl groups excluding tert-OH is 1. The molecule has 21 heavy (non-hydrogen) atoms. The van der Waals surface area contributed by atoms with Crippen LogP contribution >= 0.6 is 0 Å². The summed E-state index contributed by atoms with van der Waals surface area (Å²) in [6, 6.07) is 4.52. The van der Waals surface area contributed by atoms with Crippen LogP contribution in [0.5, 0.6) is 0 Å². The number of hydrogen-bond donors (Lipinski definition) is 3. The smallest absolute Gasteiger partial charge is 0.384 e. The molecule has 0 atom stereocenters. The molecular formula is C12H13F3N2O3S. The number of aryl methyl sites for hydroxylation is 1. The maximum absolute atomic E-state index is 12.0. The van der Waals surface area contributed by atoms with Gasteiger partial charge >= 0.3 is 6.18 Å². The molecule has 116 valence electrons. The first-order chi connectivity index (χ1) is 9.63. The van der Waals surface area contributed by atoms with Crippen molar-refractivity contribution < 1.29 is 26.7 Å². The second-order valence-electron chi connectivity index (χ2n) is 4.03. The summed E-state index contributed by atoms with van der Waals surface area (Å²) in [5.41, 5.74) is 1.04. The van der Waals surface area contributed by atoms with Gasteiger partial charge in [0.25, 0.3) is 10.2 Å². The van der Waals surface area contributed by atoms with Gasteiger partial charge in [0.2, 0.25) is 0 Å². The van der Waals surface area contributed by atoms with Crippen molar-refractivity contribution in [1.82, 2.24) is 4.72 Å². The summed E-state index contributed by atoms with van der Waals surface area (Å²) in [4.78, 5) is 0. The second-order valence-corrected chi connectivity index (χ2v) is 5.53. The molecule has 0 bridgehead atoms. The average Bonchev–Trinajstić information content (AvgIpc) is 2.36. The Balaban J connectivity index is 2.91. The third-order valence-electron chi connectivity index (χ3n) is 2.26. The molecule has 0 saturated heterocycles. The van der Waals surface area contributed by atoms with Crippen molar-refractivity contribution in [1.29, 1.82) is 0 Å². The van der Waals surface area contributed by atoms with E-state index in [-0.39, 0.29) is 12.3 Å². The van der Waals surface area contributed by atoms with E-state index in [2.05, 4.69) is 11.8 Å². The lowest BCUT2D eigenvalue weighted by atomic mass is 10.1. The van der Waals surface area contributed by atoms with Crippen molar-refractivity contribution in [3.63, 3.8) is 0 Å². The van der Waals surface area contributed by atoms with Crippen LogP contribution in [0.2, 0.25) is 0 Å². The van der Waals surface area contributed by atoms with E-state index in [9.17, 15) is 21.6 Å². The first-order valence-electron chi connectivity index (χ1n) is 5.67. The summed E-state index contributed by atoms with van der Waals surface area (Å²) >= 11 is 0. The van der Waals surface area contributed by atoms with Gasteiger partial charge in [0.05, 0.1) is 5.69 Å². The number of alkyl halides is 3. The van der Waals surface area contributed by atoms with Crippen LogP contribution in [0, 0.1) is 18.8 Å². The van der Waals surface area contributed by atoms with E-state index in [4.69, 9.17) is 5.11 Å². The Morgan fingerprint density at radius 3 is 2.57 bits per heavy atom. The minimum Gasteiger partial charge on any atom is -0.384 e. The summed E-state index contributed by atoms with van der Waals surface area (Å²) in [5, 5.41) is 8.58. The third-order valence-corrected chi connectivity index (χ3v) is 3.27. The minimum absolute atomic E-state index is 0.106. The number of benzene rings is 1. The van der Waals surface area contributed by atoms with E-state index < -0.39 is 22.9 Å². The van der Waals surface area contributed by atoms with E-state index in [0.717, 1.165) is 0 Å². The molecule has 0 amide bonds. The number of anilines is 1. The minimum atomic E-state index is -4.64. The predicted molar refractivity (Wildman–Crippen MR) is 71.7 cm³/mol. The molecule has 0 unspecified atom stereocenters. The van der Waals surface area contributed by atoms with Gasteiger partial charge in [0.1, 0.15) is 13.2 Å². The molecular weight excluding hydrogens is 309 g/mol. The Hall–Kier alpha value is -1.76. The van der Waals surface area contributed by atoms with Crippen LogP contribution in [0.25, 0.3) is 0 Å². The zero-order chi connectivity index (χ0) is 16.1. The van der Waals surface area contributed by atoms with Crippen LogP contribution < -0.4 is 9.44 Å². The highest BCUT2D eigenvalue weighted by Gasteiger charge is 2.29. The topological polar surface area (TPSA) is 78.4 Å². The first kappa shape index (κ1) is 17.3. The first-order valence-corrected chi connectivity index (χ1v) is 7.16. The average molecular weight is 322 g/mol. The SMILES string of the molecule is Cc1ccc(C#CCO)cc1NS(=O)(=O)NCC(F)(F)F. The fourth-order valence-corrected chi connectivity index (χ4v) is 2.24. The lowest BCUT2D eigenvalue weighted by molar-refractivity contribution is -0.121. The van der Waals surface area contributed by atoms with Gasteiger partial charge in [0.15, 0.2) is 0 Å². The van der Waals surface area contributed by atoms with Crippen molar-refractivity contribution in [3.05, 3.63) is 29.3 Å². The Labute approximate surface area is 120 Å². The zero-order valence-electron chi connectivity index (χ0n) is 11.0. The summed E-state index contributed by atoms with van der Waals surface area (Å²) < 4.78 is 62.5. The lowest BCUT2D eigenvalue weighted by Gasteiger charge is -2.13. The van der Waals surface area contributed by atoms with Crippen LogP contribution in [0.1, 0.15) is 11.1 Å². The molecule has 0 saturated carbocycles. The summed E-state index contributed by atoms with van der Waals surface area (Å²) in [7, 11) is -4.35. The molecule has 1 rings (SSSR count). The van der Waals surface area contributed by atoms with E-state index in [0.29, 0.717) is 11.1 Å². The second kappa shape index (κ2) is 6.80. The number of halogens is 3. The highest BCUT2D eigenvalue weighted by molar-refractivity contribution is 7.90. The molecule has 0 fully saturated rings. The number of nitrogens with one attached hydrogen (secondary N) is 2. The zero-order valence-corrected chi connectivity index (χ0v) is 11.8. The summed E-state index contributed by atoms with van der Waals surface area (Å²) in [6.45, 7) is -0.432. The predicted octanol–water partition coefficient (Wildman–Crippen LogP) is 1.15. The van der Waals surface area contributed by atoms with Crippen molar-refractivity contribution >= 4 is 15.9 Å². The number of rotatable bonds is 4. The van der Waals surface area contributed by atoms with E-state index in [1.54, 1.807) is 19.1 Å². The maximum atomic E-state index is 12.0. The van der Waals surface area contributed by atoms with Gasteiger partial charge in [-0.25, -0.2) is 0 Å². The molecule has 9 heteroatoms.